The van der Waals surface area contributed by atoms with Gasteiger partial charge in [0.05, 0.1) is 0 Å². The van der Waals surface area contributed by atoms with Gasteiger partial charge >= 0.3 is 8.56 Å². The Labute approximate surface area is 126 Å². The molecule has 3 heteroatoms. The predicted molar refractivity (Wildman–Crippen MR) is 87.2 cm³/mol. The van der Waals surface area contributed by atoms with E-state index in [-0.39, 0.29) is 0 Å². The molecule has 0 atom stereocenters. The second-order valence-corrected chi connectivity index (χ2v) is 10.1. The van der Waals surface area contributed by atoms with Crippen LogP contribution in [-0.4, -0.2) is 21.8 Å². The standard InChI is InChI=1S/C17H34O2Si/c1-3-18-20(19-4-2,17-13-9-10-14-17)15-16-11-7-5-6-8-12-16/h16-17H,3-15H2,1-2H3. The molecule has 2 fully saturated rings. The summed E-state index contributed by atoms with van der Waals surface area (Å²) in [7, 11) is -1.97. The maximum atomic E-state index is 6.41. The average molecular weight is 299 g/mol. The van der Waals surface area contributed by atoms with Gasteiger partial charge in [-0.25, -0.2) is 0 Å². The molecule has 2 aliphatic carbocycles. The van der Waals surface area contributed by atoms with E-state index in [4.69, 9.17) is 8.85 Å². The Morgan fingerprint density at radius 1 is 0.750 bits per heavy atom. The van der Waals surface area contributed by atoms with E-state index in [0.29, 0.717) is 0 Å². The Morgan fingerprint density at radius 2 is 1.25 bits per heavy atom. The van der Waals surface area contributed by atoms with Crippen LogP contribution >= 0.6 is 0 Å². The molecule has 118 valence electrons. The molecule has 0 saturated heterocycles. The van der Waals surface area contributed by atoms with Crippen molar-refractivity contribution in [1.82, 2.24) is 0 Å². The fourth-order valence-electron chi connectivity index (χ4n) is 4.39. The summed E-state index contributed by atoms with van der Waals surface area (Å²) < 4.78 is 12.8. The molecule has 2 nitrogen and oxygen atoms in total. The van der Waals surface area contributed by atoms with Crippen molar-refractivity contribution in [1.29, 1.82) is 0 Å². The Bertz CT molecular complexity index is 250. The molecule has 0 unspecified atom stereocenters. The Hall–Kier alpha value is 0.137. The van der Waals surface area contributed by atoms with Crippen molar-refractivity contribution >= 4 is 8.56 Å². The maximum Gasteiger partial charge on any atom is 0.341 e. The average Bonchev–Trinajstić information content (AvgIpc) is 2.87. The summed E-state index contributed by atoms with van der Waals surface area (Å²) >= 11 is 0. The number of hydrogen-bond donors (Lipinski definition) is 0. The maximum absolute atomic E-state index is 6.41. The highest BCUT2D eigenvalue weighted by molar-refractivity contribution is 6.69. The summed E-state index contributed by atoms with van der Waals surface area (Å²) in [4.78, 5) is 0. The van der Waals surface area contributed by atoms with E-state index in [2.05, 4.69) is 13.8 Å². The smallest absolute Gasteiger partial charge is 0.341 e. The van der Waals surface area contributed by atoms with Crippen LogP contribution in [0.5, 0.6) is 0 Å². The molecule has 20 heavy (non-hydrogen) atoms. The zero-order valence-corrected chi connectivity index (χ0v) is 14.7. The van der Waals surface area contributed by atoms with Crippen molar-refractivity contribution in [2.75, 3.05) is 13.2 Å². The normalized spacial score (nSPS) is 23.1. The first-order chi connectivity index (χ1) is 9.80. The van der Waals surface area contributed by atoms with Gasteiger partial charge in [-0.2, -0.15) is 0 Å². The van der Waals surface area contributed by atoms with Crippen molar-refractivity contribution in [3.05, 3.63) is 0 Å². The lowest BCUT2D eigenvalue weighted by atomic mass is 10.0. The zero-order valence-electron chi connectivity index (χ0n) is 13.7. The molecule has 0 aliphatic heterocycles. The summed E-state index contributed by atoms with van der Waals surface area (Å²) in [6.45, 7) is 6.00. The molecular formula is C17H34O2Si. The van der Waals surface area contributed by atoms with Crippen molar-refractivity contribution < 1.29 is 8.85 Å². The summed E-state index contributed by atoms with van der Waals surface area (Å²) in [5.41, 5.74) is 0.769. The van der Waals surface area contributed by atoms with Gasteiger partial charge in [0, 0.05) is 18.8 Å². The summed E-state index contributed by atoms with van der Waals surface area (Å²) in [6.07, 6.45) is 14.1. The minimum atomic E-state index is -1.97. The van der Waals surface area contributed by atoms with Crippen molar-refractivity contribution in [2.24, 2.45) is 5.92 Å². The molecule has 0 bridgehead atoms. The van der Waals surface area contributed by atoms with E-state index < -0.39 is 8.56 Å². The molecule has 0 aromatic heterocycles. The third-order valence-corrected chi connectivity index (χ3v) is 9.82. The van der Waals surface area contributed by atoms with Crippen LogP contribution in [0, 0.1) is 5.92 Å². The second kappa shape index (κ2) is 8.55. The molecule has 2 saturated carbocycles. The van der Waals surface area contributed by atoms with E-state index >= 15 is 0 Å². The van der Waals surface area contributed by atoms with Crippen LogP contribution in [0.4, 0.5) is 0 Å². The quantitative estimate of drug-likeness (QED) is 0.462. The molecule has 0 aromatic rings. The molecule has 0 heterocycles. The van der Waals surface area contributed by atoms with Crippen LogP contribution < -0.4 is 0 Å². The predicted octanol–water partition coefficient (Wildman–Crippen LogP) is 5.42. The highest BCUT2D eigenvalue weighted by Gasteiger charge is 2.47. The lowest BCUT2D eigenvalue weighted by Gasteiger charge is -2.37. The first kappa shape index (κ1) is 16.5. The van der Waals surface area contributed by atoms with Crippen LogP contribution in [0.25, 0.3) is 0 Å². The molecule has 2 aliphatic rings. The van der Waals surface area contributed by atoms with Gasteiger partial charge in [-0.3, -0.25) is 0 Å². The van der Waals surface area contributed by atoms with E-state index in [1.807, 2.05) is 0 Å². The van der Waals surface area contributed by atoms with Crippen molar-refractivity contribution in [3.63, 3.8) is 0 Å². The summed E-state index contributed by atoms with van der Waals surface area (Å²) in [5, 5.41) is 0. The minimum Gasteiger partial charge on any atom is -0.394 e. The third-order valence-electron chi connectivity index (χ3n) is 5.30. The first-order valence-corrected chi connectivity index (χ1v) is 11.2. The Balaban J connectivity index is 2.05. The molecule has 0 amide bonds. The van der Waals surface area contributed by atoms with Gasteiger partial charge in [0.25, 0.3) is 0 Å². The van der Waals surface area contributed by atoms with E-state index in [9.17, 15) is 0 Å². The summed E-state index contributed by atoms with van der Waals surface area (Å²) in [5.74, 6) is 0.878. The highest BCUT2D eigenvalue weighted by Crippen LogP contribution is 2.44. The van der Waals surface area contributed by atoms with Crippen molar-refractivity contribution in [2.45, 2.75) is 89.6 Å². The zero-order chi connectivity index (χ0) is 14.3. The summed E-state index contributed by atoms with van der Waals surface area (Å²) in [6, 6.07) is 1.28. The Kier molecular flexibility index (Phi) is 7.06. The fraction of sp³-hybridized carbons (Fsp3) is 1.00. The van der Waals surface area contributed by atoms with E-state index in [1.165, 1.54) is 70.3 Å². The lowest BCUT2D eigenvalue weighted by Crippen LogP contribution is -2.48. The minimum absolute atomic E-state index is 0.769. The Morgan fingerprint density at radius 3 is 1.75 bits per heavy atom. The SMILES string of the molecule is CCO[Si](CC1CCCCCC1)(OCC)C1CCCC1. The lowest BCUT2D eigenvalue weighted by molar-refractivity contribution is 0.164. The van der Waals surface area contributed by atoms with E-state index in [0.717, 1.165) is 24.7 Å². The van der Waals surface area contributed by atoms with Gasteiger partial charge in [0.1, 0.15) is 0 Å². The van der Waals surface area contributed by atoms with Gasteiger partial charge in [-0.1, -0.05) is 51.4 Å². The molecule has 0 spiro atoms. The molecule has 0 radical (unpaired) electrons. The number of hydrogen-bond acceptors (Lipinski definition) is 2. The van der Waals surface area contributed by atoms with Crippen LogP contribution in [0.3, 0.4) is 0 Å². The van der Waals surface area contributed by atoms with Gasteiger partial charge in [-0.05, 0) is 38.7 Å². The van der Waals surface area contributed by atoms with Crippen LogP contribution in [0.1, 0.15) is 78.1 Å². The van der Waals surface area contributed by atoms with Gasteiger partial charge in [0.15, 0.2) is 0 Å². The topological polar surface area (TPSA) is 18.5 Å². The first-order valence-electron chi connectivity index (χ1n) is 9.08. The molecule has 0 aromatic carbocycles. The van der Waals surface area contributed by atoms with Gasteiger partial charge in [0.2, 0.25) is 0 Å². The van der Waals surface area contributed by atoms with Crippen molar-refractivity contribution in [3.8, 4) is 0 Å². The second-order valence-electron chi connectivity index (χ2n) is 6.72. The van der Waals surface area contributed by atoms with Crippen LogP contribution in [-0.2, 0) is 8.85 Å². The molecule has 2 rings (SSSR count). The van der Waals surface area contributed by atoms with Crippen LogP contribution in [0.15, 0.2) is 0 Å². The molecular weight excluding hydrogens is 264 g/mol. The van der Waals surface area contributed by atoms with Crippen LogP contribution in [0.2, 0.25) is 11.6 Å². The van der Waals surface area contributed by atoms with Gasteiger partial charge < -0.3 is 8.85 Å². The third kappa shape index (κ3) is 4.31. The monoisotopic (exact) mass is 298 g/mol. The number of rotatable bonds is 7. The fourth-order valence-corrected chi connectivity index (χ4v) is 8.99. The molecule has 0 N–H and O–H groups in total. The highest BCUT2D eigenvalue weighted by atomic mass is 28.4. The van der Waals surface area contributed by atoms with E-state index in [1.54, 1.807) is 0 Å². The largest absolute Gasteiger partial charge is 0.394 e. The van der Waals surface area contributed by atoms with Gasteiger partial charge in [-0.15, -0.1) is 0 Å².